The quantitative estimate of drug-likeness (QED) is 0.780. The van der Waals surface area contributed by atoms with Gasteiger partial charge in [0, 0.05) is 12.6 Å². The average molecular weight is 253 g/mol. The van der Waals surface area contributed by atoms with E-state index in [1.807, 2.05) is 39.0 Å². The normalized spacial score (nSPS) is 12.6. The molecule has 2 N–H and O–H groups in total. The van der Waals surface area contributed by atoms with Gasteiger partial charge in [-0.2, -0.15) is 0 Å². The molecular weight excluding hydrogens is 230 g/mol. The van der Waals surface area contributed by atoms with Crippen LogP contribution in [0.1, 0.15) is 26.3 Å². The molecule has 0 aliphatic heterocycles. The Labute approximate surface area is 109 Å². The van der Waals surface area contributed by atoms with Crippen LogP contribution >= 0.6 is 0 Å². The summed E-state index contributed by atoms with van der Waals surface area (Å²) in [7, 11) is 1.63. The summed E-state index contributed by atoms with van der Waals surface area (Å²) in [6.07, 6.45) is 0.122. The van der Waals surface area contributed by atoms with E-state index in [1.54, 1.807) is 7.11 Å². The first kappa shape index (κ1) is 14.8. The number of ether oxygens (including phenoxy) is 2. The van der Waals surface area contributed by atoms with Gasteiger partial charge in [-0.25, -0.2) is 0 Å². The molecule has 0 aliphatic carbocycles. The van der Waals surface area contributed by atoms with Gasteiger partial charge in [-0.1, -0.05) is 6.07 Å². The molecule has 0 aromatic heterocycles. The van der Waals surface area contributed by atoms with Crippen LogP contribution in [0.2, 0.25) is 0 Å². The fourth-order valence-electron chi connectivity index (χ4n) is 1.53. The molecular formula is C14H23NO3. The maximum absolute atomic E-state index is 8.95. The smallest absolute Gasteiger partial charge is 0.161 e. The van der Waals surface area contributed by atoms with Gasteiger partial charge < -0.3 is 19.9 Å². The maximum atomic E-state index is 8.95. The van der Waals surface area contributed by atoms with Crippen LogP contribution in [0.4, 0.5) is 0 Å². The third-order valence-corrected chi connectivity index (χ3v) is 2.52. The SMILES string of the molecule is COc1cc(CNC(C)CO)ccc1OC(C)C. The van der Waals surface area contributed by atoms with Crippen molar-refractivity contribution >= 4 is 0 Å². The zero-order valence-electron chi connectivity index (χ0n) is 11.6. The van der Waals surface area contributed by atoms with Crippen molar-refractivity contribution < 1.29 is 14.6 Å². The van der Waals surface area contributed by atoms with Crippen LogP contribution in [0.5, 0.6) is 11.5 Å². The summed E-state index contributed by atoms with van der Waals surface area (Å²) in [6, 6.07) is 5.95. The zero-order chi connectivity index (χ0) is 13.5. The lowest BCUT2D eigenvalue weighted by molar-refractivity contribution is 0.230. The lowest BCUT2D eigenvalue weighted by Gasteiger charge is -2.15. The van der Waals surface area contributed by atoms with Gasteiger partial charge in [-0.15, -0.1) is 0 Å². The molecule has 1 rings (SSSR count). The fraction of sp³-hybridized carbons (Fsp3) is 0.571. The highest BCUT2D eigenvalue weighted by atomic mass is 16.5. The van der Waals surface area contributed by atoms with Gasteiger partial charge in [-0.3, -0.25) is 0 Å². The van der Waals surface area contributed by atoms with Crippen LogP contribution in [-0.2, 0) is 6.54 Å². The van der Waals surface area contributed by atoms with Crippen molar-refractivity contribution in [2.75, 3.05) is 13.7 Å². The molecule has 0 radical (unpaired) electrons. The fourth-order valence-corrected chi connectivity index (χ4v) is 1.53. The number of methoxy groups -OCH3 is 1. The van der Waals surface area contributed by atoms with Crippen LogP contribution < -0.4 is 14.8 Å². The van der Waals surface area contributed by atoms with Gasteiger partial charge in [0.2, 0.25) is 0 Å². The first-order valence-corrected chi connectivity index (χ1v) is 6.24. The third-order valence-electron chi connectivity index (χ3n) is 2.52. The van der Waals surface area contributed by atoms with Crippen molar-refractivity contribution in [3.05, 3.63) is 23.8 Å². The summed E-state index contributed by atoms with van der Waals surface area (Å²) in [6.45, 7) is 6.73. The summed E-state index contributed by atoms with van der Waals surface area (Å²) in [5, 5.41) is 12.2. The van der Waals surface area contributed by atoms with E-state index in [0.717, 1.165) is 17.1 Å². The van der Waals surface area contributed by atoms with Crippen molar-refractivity contribution in [3.8, 4) is 11.5 Å². The summed E-state index contributed by atoms with van der Waals surface area (Å²) >= 11 is 0. The largest absolute Gasteiger partial charge is 0.493 e. The van der Waals surface area contributed by atoms with E-state index >= 15 is 0 Å². The van der Waals surface area contributed by atoms with Crippen molar-refractivity contribution in [3.63, 3.8) is 0 Å². The number of benzene rings is 1. The number of aliphatic hydroxyl groups is 1. The van der Waals surface area contributed by atoms with Gasteiger partial charge in [-0.05, 0) is 38.5 Å². The predicted octanol–water partition coefficient (Wildman–Crippen LogP) is 1.95. The highest BCUT2D eigenvalue weighted by Crippen LogP contribution is 2.28. The monoisotopic (exact) mass is 253 g/mol. The molecule has 4 heteroatoms. The molecule has 18 heavy (non-hydrogen) atoms. The standard InChI is InChI=1S/C14H23NO3/c1-10(2)18-13-6-5-12(7-14(13)17-4)8-15-11(3)9-16/h5-7,10-11,15-16H,8-9H2,1-4H3. The van der Waals surface area contributed by atoms with E-state index in [4.69, 9.17) is 14.6 Å². The highest BCUT2D eigenvalue weighted by molar-refractivity contribution is 5.43. The maximum Gasteiger partial charge on any atom is 0.161 e. The molecule has 0 saturated heterocycles. The molecule has 0 spiro atoms. The van der Waals surface area contributed by atoms with Crippen LogP contribution in [0, 0.1) is 0 Å². The number of hydrogen-bond donors (Lipinski definition) is 2. The molecule has 1 atom stereocenters. The first-order valence-electron chi connectivity index (χ1n) is 6.24. The number of nitrogens with one attached hydrogen (secondary N) is 1. The molecule has 102 valence electrons. The molecule has 0 aliphatic rings. The lowest BCUT2D eigenvalue weighted by atomic mass is 10.2. The van der Waals surface area contributed by atoms with Crippen LogP contribution in [0.15, 0.2) is 18.2 Å². The molecule has 4 nitrogen and oxygen atoms in total. The number of rotatable bonds is 7. The van der Waals surface area contributed by atoms with Crippen molar-refractivity contribution in [1.29, 1.82) is 0 Å². The van der Waals surface area contributed by atoms with Gasteiger partial charge >= 0.3 is 0 Å². The molecule has 0 amide bonds. The van der Waals surface area contributed by atoms with E-state index < -0.39 is 0 Å². The molecule has 0 fully saturated rings. The van der Waals surface area contributed by atoms with Crippen molar-refractivity contribution in [2.45, 2.75) is 39.5 Å². The summed E-state index contributed by atoms with van der Waals surface area (Å²) < 4.78 is 11.0. The highest BCUT2D eigenvalue weighted by Gasteiger charge is 2.08. The number of hydrogen-bond acceptors (Lipinski definition) is 4. The minimum atomic E-state index is 0.0857. The molecule has 1 aromatic carbocycles. The van der Waals surface area contributed by atoms with E-state index in [-0.39, 0.29) is 18.8 Å². The van der Waals surface area contributed by atoms with Gasteiger partial charge in [0.25, 0.3) is 0 Å². The molecule has 1 unspecified atom stereocenters. The minimum Gasteiger partial charge on any atom is -0.493 e. The predicted molar refractivity (Wildman–Crippen MR) is 72.1 cm³/mol. The summed E-state index contributed by atoms with van der Waals surface area (Å²) in [5.74, 6) is 1.49. The average Bonchev–Trinajstić information content (AvgIpc) is 2.36. The lowest BCUT2D eigenvalue weighted by Crippen LogP contribution is -2.28. The first-order chi connectivity index (χ1) is 8.56. The Kier molecular flexibility index (Phi) is 5.95. The Morgan fingerprint density at radius 1 is 1.22 bits per heavy atom. The van der Waals surface area contributed by atoms with E-state index in [9.17, 15) is 0 Å². The van der Waals surface area contributed by atoms with Crippen LogP contribution in [0.3, 0.4) is 0 Å². The number of aliphatic hydroxyl groups excluding tert-OH is 1. The molecule has 0 saturated carbocycles. The summed E-state index contributed by atoms with van der Waals surface area (Å²) in [4.78, 5) is 0. The van der Waals surface area contributed by atoms with Crippen molar-refractivity contribution in [2.24, 2.45) is 0 Å². The van der Waals surface area contributed by atoms with Gasteiger partial charge in [0.05, 0.1) is 19.8 Å². The van der Waals surface area contributed by atoms with Gasteiger partial charge in [0.15, 0.2) is 11.5 Å². The Hall–Kier alpha value is -1.26. The Morgan fingerprint density at radius 3 is 2.50 bits per heavy atom. The zero-order valence-corrected chi connectivity index (χ0v) is 11.6. The Morgan fingerprint density at radius 2 is 1.94 bits per heavy atom. The van der Waals surface area contributed by atoms with Crippen LogP contribution in [0.25, 0.3) is 0 Å². The second-order valence-corrected chi connectivity index (χ2v) is 4.62. The Balaban J connectivity index is 2.72. The Bertz CT molecular complexity index is 366. The summed E-state index contributed by atoms with van der Waals surface area (Å²) in [5.41, 5.74) is 1.10. The molecule has 0 heterocycles. The second-order valence-electron chi connectivity index (χ2n) is 4.62. The topological polar surface area (TPSA) is 50.7 Å². The van der Waals surface area contributed by atoms with Crippen molar-refractivity contribution in [1.82, 2.24) is 5.32 Å². The molecule has 0 bridgehead atoms. The van der Waals surface area contributed by atoms with Crippen LogP contribution in [-0.4, -0.2) is 31.0 Å². The van der Waals surface area contributed by atoms with E-state index in [2.05, 4.69) is 5.32 Å². The molecule has 1 aromatic rings. The van der Waals surface area contributed by atoms with E-state index in [0.29, 0.717) is 6.54 Å². The van der Waals surface area contributed by atoms with E-state index in [1.165, 1.54) is 0 Å². The third kappa shape index (κ3) is 4.55. The van der Waals surface area contributed by atoms with Gasteiger partial charge in [0.1, 0.15) is 0 Å². The minimum absolute atomic E-state index is 0.0857. The second kappa shape index (κ2) is 7.24.